The predicted molar refractivity (Wildman–Crippen MR) is 136 cm³/mol. The molecule has 2 atom stereocenters. The summed E-state index contributed by atoms with van der Waals surface area (Å²) in [5, 5.41) is 10.5. The molecular weight excluding hydrogens is 440 g/mol. The van der Waals surface area contributed by atoms with Crippen LogP contribution in [0.2, 0.25) is 0 Å². The lowest BCUT2D eigenvalue weighted by atomic mass is 10.0. The van der Waals surface area contributed by atoms with Crippen molar-refractivity contribution in [2.45, 2.75) is 39.0 Å². The summed E-state index contributed by atoms with van der Waals surface area (Å²) in [6.45, 7) is 14.5. The van der Waals surface area contributed by atoms with Crippen molar-refractivity contribution in [1.82, 2.24) is 19.7 Å². The molecule has 8 nitrogen and oxygen atoms in total. The van der Waals surface area contributed by atoms with Crippen molar-refractivity contribution in [1.29, 1.82) is 5.26 Å². The fraction of sp³-hybridized carbons (Fsp3) is 0.593. The molecule has 0 saturated carbocycles. The molecular formula is C27H36N6O2. The Morgan fingerprint density at radius 3 is 2.63 bits per heavy atom. The Balaban J connectivity index is 1.16. The molecule has 3 fully saturated rings. The smallest absolute Gasteiger partial charge is 0.225 e. The lowest BCUT2D eigenvalue weighted by molar-refractivity contribution is -0.137. The van der Waals surface area contributed by atoms with Gasteiger partial charge in [-0.05, 0) is 31.2 Å². The number of nitriles is 1. The highest BCUT2D eigenvalue weighted by molar-refractivity contribution is 5.95. The van der Waals surface area contributed by atoms with E-state index in [1.165, 1.54) is 0 Å². The molecule has 186 valence electrons. The van der Waals surface area contributed by atoms with Crippen LogP contribution in [-0.4, -0.2) is 103 Å². The van der Waals surface area contributed by atoms with E-state index in [0.717, 1.165) is 75.5 Å². The van der Waals surface area contributed by atoms with Crippen LogP contribution in [0.1, 0.15) is 26.3 Å². The van der Waals surface area contributed by atoms with E-state index in [9.17, 15) is 10.1 Å². The lowest BCUT2D eigenvalue weighted by Gasteiger charge is -2.50. The van der Waals surface area contributed by atoms with E-state index in [4.69, 9.17) is 4.74 Å². The number of carbonyl (C=O) groups excluding carboxylic acids is 1. The third-order valence-electron chi connectivity index (χ3n) is 7.57. The average Bonchev–Trinajstić information content (AvgIpc) is 2.84. The number of pyridine rings is 1. The van der Waals surface area contributed by atoms with Crippen molar-refractivity contribution < 1.29 is 9.53 Å². The van der Waals surface area contributed by atoms with Crippen LogP contribution in [-0.2, 0) is 9.53 Å². The van der Waals surface area contributed by atoms with Gasteiger partial charge < -0.3 is 14.5 Å². The van der Waals surface area contributed by atoms with Crippen molar-refractivity contribution in [3.8, 4) is 6.07 Å². The van der Waals surface area contributed by atoms with Crippen LogP contribution in [0.4, 0.5) is 5.69 Å². The number of anilines is 1. The Bertz CT molecular complexity index is 1100. The summed E-state index contributed by atoms with van der Waals surface area (Å²) in [7, 11) is 0. The number of amides is 1. The predicted octanol–water partition coefficient (Wildman–Crippen LogP) is 2.18. The number of ether oxygens (including phenoxy) is 1. The van der Waals surface area contributed by atoms with Crippen molar-refractivity contribution in [2.75, 3.05) is 63.8 Å². The maximum atomic E-state index is 12.3. The second kappa shape index (κ2) is 10.1. The van der Waals surface area contributed by atoms with Crippen LogP contribution in [0.15, 0.2) is 30.5 Å². The molecule has 2 aromatic rings. The number of aromatic nitrogens is 1. The highest BCUT2D eigenvalue weighted by Crippen LogP contribution is 2.30. The number of fused-ring (bicyclic) bond motifs is 1. The molecule has 1 aromatic heterocycles. The molecule has 0 radical (unpaired) electrons. The average molecular weight is 477 g/mol. The molecule has 0 spiro atoms. The first-order chi connectivity index (χ1) is 16.9. The Labute approximate surface area is 208 Å². The third-order valence-corrected chi connectivity index (χ3v) is 7.57. The van der Waals surface area contributed by atoms with E-state index < -0.39 is 0 Å². The van der Waals surface area contributed by atoms with Gasteiger partial charge in [-0.1, -0.05) is 13.8 Å². The Morgan fingerprint density at radius 1 is 1.14 bits per heavy atom. The number of hydrogen-bond acceptors (Lipinski definition) is 7. The summed E-state index contributed by atoms with van der Waals surface area (Å²) < 4.78 is 6.34. The quantitative estimate of drug-likeness (QED) is 0.655. The number of morpholine rings is 1. The number of carbonyl (C=O) groups is 1. The first-order valence-electron chi connectivity index (χ1n) is 12.9. The summed E-state index contributed by atoms with van der Waals surface area (Å²) in [5.74, 6) is 0.357. The highest BCUT2D eigenvalue weighted by atomic mass is 16.5. The second-order valence-corrected chi connectivity index (χ2v) is 10.5. The topological polar surface area (TPSA) is 75.9 Å². The minimum Gasteiger partial charge on any atom is -0.370 e. The van der Waals surface area contributed by atoms with Gasteiger partial charge in [-0.25, -0.2) is 0 Å². The molecule has 3 aliphatic heterocycles. The van der Waals surface area contributed by atoms with E-state index in [2.05, 4.69) is 44.8 Å². The number of rotatable bonds is 5. The number of nitrogens with zero attached hydrogens (tertiary/aromatic N) is 6. The SMILES string of the molecule is CC(C)C(=O)N1CCN(C2CN(C[C@H]3CN(c4ccc(C#N)c5ncccc45)C[C@@H](C)O3)C2)CC1. The van der Waals surface area contributed by atoms with Crippen molar-refractivity contribution >= 4 is 22.5 Å². The van der Waals surface area contributed by atoms with E-state index in [0.29, 0.717) is 11.6 Å². The Kier molecular flexibility index (Phi) is 6.92. The van der Waals surface area contributed by atoms with Gasteiger partial charge >= 0.3 is 0 Å². The normalized spacial score (nSPS) is 24.5. The van der Waals surface area contributed by atoms with Gasteiger partial charge in [-0.2, -0.15) is 5.26 Å². The molecule has 4 heterocycles. The van der Waals surface area contributed by atoms with Crippen LogP contribution < -0.4 is 4.90 Å². The molecule has 5 rings (SSSR count). The molecule has 35 heavy (non-hydrogen) atoms. The van der Waals surface area contributed by atoms with Crippen molar-refractivity contribution in [3.63, 3.8) is 0 Å². The highest BCUT2D eigenvalue weighted by Gasteiger charge is 2.37. The Hall–Kier alpha value is -2.73. The molecule has 0 bridgehead atoms. The molecule has 0 unspecified atom stereocenters. The molecule has 0 N–H and O–H groups in total. The minimum atomic E-state index is 0.0803. The molecule has 3 saturated heterocycles. The largest absolute Gasteiger partial charge is 0.370 e. The van der Waals surface area contributed by atoms with Crippen molar-refractivity contribution in [3.05, 3.63) is 36.0 Å². The number of hydrogen-bond donors (Lipinski definition) is 0. The zero-order valence-electron chi connectivity index (χ0n) is 21.1. The number of benzene rings is 1. The first-order valence-corrected chi connectivity index (χ1v) is 12.9. The van der Waals surface area contributed by atoms with Crippen LogP contribution in [0, 0.1) is 17.2 Å². The third kappa shape index (κ3) is 4.99. The molecule has 0 aliphatic carbocycles. The van der Waals surface area contributed by atoms with Gasteiger partial charge in [0.1, 0.15) is 6.07 Å². The maximum absolute atomic E-state index is 12.3. The summed E-state index contributed by atoms with van der Waals surface area (Å²) in [6.07, 6.45) is 2.03. The first kappa shape index (κ1) is 24.0. The fourth-order valence-corrected chi connectivity index (χ4v) is 5.75. The van der Waals surface area contributed by atoms with Gasteiger partial charge in [0.05, 0.1) is 23.3 Å². The molecule has 3 aliphatic rings. The minimum absolute atomic E-state index is 0.0803. The van der Waals surface area contributed by atoms with Crippen molar-refractivity contribution in [2.24, 2.45) is 5.92 Å². The molecule has 8 heteroatoms. The van der Waals surface area contributed by atoms with Crippen LogP contribution in [0.3, 0.4) is 0 Å². The van der Waals surface area contributed by atoms with E-state index in [1.54, 1.807) is 6.20 Å². The molecule has 1 amide bonds. The summed E-state index contributed by atoms with van der Waals surface area (Å²) in [5.41, 5.74) is 2.51. The fourth-order valence-electron chi connectivity index (χ4n) is 5.75. The maximum Gasteiger partial charge on any atom is 0.225 e. The lowest BCUT2D eigenvalue weighted by Crippen LogP contribution is -2.65. The summed E-state index contributed by atoms with van der Waals surface area (Å²) in [6, 6.07) is 10.8. The standard InChI is InChI=1S/C27H36N6O2/c1-19(2)27(34)32-11-9-31(10-12-32)22-15-30(16-22)17-23-18-33(14-20(3)35-23)25-7-6-21(13-28)26-24(25)5-4-8-29-26/h4-8,19-20,22-23H,9-12,14-18H2,1-3H3/t20-,23+/m1/s1. The van der Waals surface area contributed by atoms with Gasteiger partial charge in [0, 0.05) is 88.1 Å². The van der Waals surface area contributed by atoms with Gasteiger partial charge in [-0.15, -0.1) is 0 Å². The van der Waals surface area contributed by atoms with Crippen LogP contribution >= 0.6 is 0 Å². The van der Waals surface area contributed by atoms with E-state index in [1.807, 2.05) is 30.9 Å². The summed E-state index contributed by atoms with van der Waals surface area (Å²) >= 11 is 0. The second-order valence-electron chi connectivity index (χ2n) is 10.5. The number of likely N-dealkylation sites (tertiary alicyclic amines) is 1. The van der Waals surface area contributed by atoms with Crippen LogP contribution in [0.25, 0.3) is 10.9 Å². The van der Waals surface area contributed by atoms with Gasteiger partial charge in [0.15, 0.2) is 0 Å². The van der Waals surface area contributed by atoms with Crippen LogP contribution in [0.5, 0.6) is 0 Å². The monoisotopic (exact) mass is 476 g/mol. The van der Waals surface area contributed by atoms with Gasteiger partial charge in [0.25, 0.3) is 0 Å². The summed E-state index contributed by atoms with van der Waals surface area (Å²) in [4.78, 5) is 26.2. The van der Waals surface area contributed by atoms with Gasteiger partial charge in [0.2, 0.25) is 5.91 Å². The van der Waals surface area contributed by atoms with E-state index in [-0.39, 0.29) is 24.0 Å². The van der Waals surface area contributed by atoms with E-state index >= 15 is 0 Å². The van der Waals surface area contributed by atoms with Gasteiger partial charge in [-0.3, -0.25) is 19.6 Å². The number of piperazine rings is 1. The zero-order chi connectivity index (χ0) is 24.5. The zero-order valence-corrected chi connectivity index (χ0v) is 21.1. The molecule has 1 aromatic carbocycles. The Morgan fingerprint density at radius 2 is 1.91 bits per heavy atom.